The fraction of sp³-hybridized carbons (Fsp3) is 0.304. The highest BCUT2D eigenvalue weighted by Crippen LogP contribution is 2.25. The molecule has 1 fully saturated rings. The first-order valence-corrected chi connectivity index (χ1v) is 10.1. The fourth-order valence-corrected chi connectivity index (χ4v) is 3.49. The Balaban J connectivity index is 1.36. The first kappa shape index (κ1) is 19.1. The van der Waals surface area contributed by atoms with Crippen molar-refractivity contribution in [3.05, 3.63) is 72.4 Å². The number of carbonyl (C=O) groups excluding carboxylic acids is 1. The maximum atomic E-state index is 12.3. The van der Waals surface area contributed by atoms with E-state index < -0.39 is 0 Å². The predicted octanol–water partition coefficient (Wildman–Crippen LogP) is 4.58. The van der Waals surface area contributed by atoms with E-state index >= 15 is 0 Å². The van der Waals surface area contributed by atoms with Crippen LogP contribution in [0.1, 0.15) is 36.0 Å². The van der Waals surface area contributed by atoms with Crippen LogP contribution in [0.5, 0.6) is 0 Å². The molecule has 0 saturated carbocycles. The van der Waals surface area contributed by atoms with Crippen LogP contribution in [-0.2, 0) is 6.54 Å². The normalized spacial score (nSPS) is 14.6. The molecule has 1 amide bonds. The summed E-state index contributed by atoms with van der Waals surface area (Å²) in [5.41, 5.74) is 3.42. The van der Waals surface area contributed by atoms with Gasteiger partial charge in [0.05, 0.1) is 12.8 Å². The van der Waals surface area contributed by atoms with Crippen molar-refractivity contribution in [2.75, 3.05) is 23.3 Å². The lowest BCUT2D eigenvalue weighted by Crippen LogP contribution is -2.32. The molecule has 1 saturated heterocycles. The van der Waals surface area contributed by atoms with Crippen molar-refractivity contribution in [1.82, 2.24) is 10.3 Å². The SMILES string of the molecule is CC1CCN(c2ccc(Nc3ccnc(C(=O)NCc4ccco4)c3)cc2)CC1. The number of piperidine rings is 1. The molecular weight excluding hydrogens is 364 g/mol. The largest absolute Gasteiger partial charge is 0.467 e. The summed E-state index contributed by atoms with van der Waals surface area (Å²) in [6.07, 6.45) is 5.72. The monoisotopic (exact) mass is 390 g/mol. The van der Waals surface area contributed by atoms with Crippen molar-refractivity contribution in [1.29, 1.82) is 0 Å². The van der Waals surface area contributed by atoms with E-state index in [2.05, 4.69) is 51.7 Å². The number of hydrogen-bond acceptors (Lipinski definition) is 5. The average Bonchev–Trinajstić information content (AvgIpc) is 3.27. The van der Waals surface area contributed by atoms with Gasteiger partial charge >= 0.3 is 0 Å². The van der Waals surface area contributed by atoms with Crippen molar-refractivity contribution in [2.45, 2.75) is 26.3 Å². The van der Waals surface area contributed by atoms with Crippen LogP contribution in [0.3, 0.4) is 0 Å². The molecule has 150 valence electrons. The topological polar surface area (TPSA) is 70.4 Å². The number of pyridine rings is 1. The molecule has 0 bridgehead atoms. The lowest BCUT2D eigenvalue weighted by molar-refractivity contribution is 0.0943. The van der Waals surface area contributed by atoms with Crippen LogP contribution in [-0.4, -0.2) is 24.0 Å². The minimum Gasteiger partial charge on any atom is -0.467 e. The third kappa shape index (κ3) is 4.96. The van der Waals surface area contributed by atoms with Crippen LogP contribution in [0.4, 0.5) is 17.1 Å². The van der Waals surface area contributed by atoms with Gasteiger partial charge in [-0.1, -0.05) is 6.92 Å². The number of carbonyl (C=O) groups is 1. The number of nitrogens with one attached hydrogen (secondary N) is 2. The standard InChI is InChI=1S/C23H26N4O2/c1-17-9-12-27(13-10-17)20-6-4-18(5-7-20)26-19-8-11-24-22(15-19)23(28)25-16-21-3-2-14-29-21/h2-8,11,14-15,17H,9-10,12-13,16H2,1H3,(H,24,26)(H,25,28). The minimum absolute atomic E-state index is 0.236. The summed E-state index contributed by atoms with van der Waals surface area (Å²) in [6.45, 7) is 4.90. The van der Waals surface area contributed by atoms with E-state index in [4.69, 9.17) is 4.42 Å². The lowest BCUT2D eigenvalue weighted by atomic mass is 9.99. The Morgan fingerprint density at radius 3 is 2.66 bits per heavy atom. The number of aromatic nitrogens is 1. The van der Waals surface area contributed by atoms with Crippen molar-refractivity contribution in [3.63, 3.8) is 0 Å². The Morgan fingerprint density at radius 1 is 1.14 bits per heavy atom. The van der Waals surface area contributed by atoms with Gasteiger partial charge in [0.25, 0.3) is 5.91 Å². The maximum Gasteiger partial charge on any atom is 0.270 e. The van der Waals surface area contributed by atoms with Crippen LogP contribution in [0, 0.1) is 5.92 Å². The summed E-state index contributed by atoms with van der Waals surface area (Å²) < 4.78 is 5.23. The molecule has 1 aliphatic rings. The highest BCUT2D eigenvalue weighted by molar-refractivity contribution is 5.93. The second-order valence-electron chi connectivity index (χ2n) is 7.53. The quantitative estimate of drug-likeness (QED) is 0.644. The van der Waals surface area contributed by atoms with E-state index in [1.54, 1.807) is 24.6 Å². The number of anilines is 3. The summed E-state index contributed by atoms with van der Waals surface area (Å²) in [7, 11) is 0. The van der Waals surface area contributed by atoms with Crippen LogP contribution in [0.15, 0.2) is 65.4 Å². The Morgan fingerprint density at radius 2 is 1.93 bits per heavy atom. The van der Waals surface area contributed by atoms with Gasteiger partial charge < -0.3 is 20.0 Å². The van der Waals surface area contributed by atoms with Gasteiger partial charge in [-0.25, -0.2) is 0 Å². The van der Waals surface area contributed by atoms with Crippen molar-refractivity contribution < 1.29 is 9.21 Å². The Hall–Kier alpha value is -3.28. The molecule has 1 aliphatic heterocycles. The van der Waals surface area contributed by atoms with E-state index in [1.165, 1.54) is 18.5 Å². The molecule has 0 aliphatic carbocycles. The van der Waals surface area contributed by atoms with Gasteiger partial charge in [-0.15, -0.1) is 0 Å². The number of rotatable bonds is 6. The van der Waals surface area contributed by atoms with Gasteiger partial charge in [0.2, 0.25) is 0 Å². The third-order valence-electron chi connectivity index (χ3n) is 5.30. The highest BCUT2D eigenvalue weighted by Gasteiger charge is 2.16. The molecule has 3 heterocycles. The van der Waals surface area contributed by atoms with Crippen LogP contribution in [0.2, 0.25) is 0 Å². The van der Waals surface area contributed by atoms with Crippen LogP contribution in [0.25, 0.3) is 0 Å². The lowest BCUT2D eigenvalue weighted by Gasteiger charge is -2.32. The van der Waals surface area contributed by atoms with Gasteiger partial charge in [0.1, 0.15) is 11.5 Å². The molecule has 6 nitrogen and oxygen atoms in total. The average molecular weight is 390 g/mol. The number of benzene rings is 1. The Labute approximate surface area is 170 Å². The van der Waals surface area contributed by atoms with E-state index in [-0.39, 0.29) is 5.91 Å². The molecule has 6 heteroatoms. The number of nitrogens with zero attached hydrogens (tertiary/aromatic N) is 2. The van der Waals surface area contributed by atoms with Crippen LogP contribution >= 0.6 is 0 Å². The van der Waals surface area contributed by atoms with Crippen LogP contribution < -0.4 is 15.5 Å². The van der Waals surface area contributed by atoms with Crippen molar-refractivity contribution in [2.24, 2.45) is 5.92 Å². The highest BCUT2D eigenvalue weighted by atomic mass is 16.3. The summed E-state index contributed by atoms with van der Waals surface area (Å²) in [5, 5.41) is 6.16. The Bertz CT molecular complexity index is 930. The second-order valence-corrected chi connectivity index (χ2v) is 7.53. The molecule has 0 atom stereocenters. The number of amides is 1. The number of hydrogen-bond donors (Lipinski definition) is 2. The maximum absolute atomic E-state index is 12.3. The van der Waals surface area contributed by atoms with Gasteiger partial charge in [0, 0.05) is 36.3 Å². The molecule has 0 radical (unpaired) electrons. The van der Waals surface area contributed by atoms with Gasteiger partial charge in [0.15, 0.2) is 0 Å². The smallest absolute Gasteiger partial charge is 0.270 e. The summed E-state index contributed by atoms with van der Waals surface area (Å²) >= 11 is 0. The molecule has 2 aromatic heterocycles. The second kappa shape index (κ2) is 8.82. The Kier molecular flexibility index (Phi) is 5.79. The predicted molar refractivity (Wildman–Crippen MR) is 114 cm³/mol. The summed E-state index contributed by atoms with van der Waals surface area (Å²) in [4.78, 5) is 19.0. The molecular formula is C23H26N4O2. The molecule has 1 aromatic carbocycles. The third-order valence-corrected chi connectivity index (χ3v) is 5.30. The zero-order valence-corrected chi connectivity index (χ0v) is 16.6. The van der Waals surface area contributed by atoms with Gasteiger partial charge in [-0.05, 0) is 67.3 Å². The minimum atomic E-state index is -0.236. The zero-order chi connectivity index (χ0) is 20.1. The first-order valence-electron chi connectivity index (χ1n) is 10.1. The van der Waals surface area contributed by atoms with Crippen molar-refractivity contribution in [3.8, 4) is 0 Å². The van der Waals surface area contributed by atoms with E-state index in [0.29, 0.717) is 18.0 Å². The molecule has 4 rings (SSSR count). The van der Waals surface area contributed by atoms with E-state index in [1.807, 2.05) is 12.1 Å². The van der Waals surface area contributed by atoms with E-state index in [0.717, 1.165) is 30.4 Å². The molecule has 0 spiro atoms. The zero-order valence-electron chi connectivity index (χ0n) is 16.6. The number of furan rings is 1. The van der Waals surface area contributed by atoms with Gasteiger partial charge in [-0.3, -0.25) is 9.78 Å². The summed E-state index contributed by atoms with van der Waals surface area (Å²) in [6, 6.07) is 15.7. The molecule has 29 heavy (non-hydrogen) atoms. The van der Waals surface area contributed by atoms with Gasteiger partial charge in [-0.2, -0.15) is 0 Å². The van der Waals surface area contributed by atoms with Crippen molar-refractivity contribution >= 4 is 23.0 Å². The molecule has 3 aromatic rings. The molecule has 0 unspecified atom stereocenters. The summed E-state index contributed by atoms with van der Waals surface area (Å²) in [5.74, 6) is 1.29. The van der Waals surface area contributed by atoms with E-state index in [9.17, 15) is 4.79 Å². The molecule has 2 N–H and O–H groups in total. The fourth-order valence-electron chi connectivity index (χ4n) is 3.49. The first-order chi connectivity index (χ1) is 14.2.